The molecule has 4 atom stereocenters. The van der Waals surface area contributed by atoms with E-state index in [1.54, 1.807) is 59.6 Å². The first-order valence-electron chi connectivity index (χ1n) is 28.8. The number of benzene rings is 2. The number of carbonyl (C=O) groups is 11. The second-order valence-corrected chi connectivity index (χ2v) is 22.2. The number of imidazole rings is 2. The number of halogens is 2. The zero-order chi connectivity index (χ0) is 66.6. The van der Waals surface area contributed by atoms with E-state index in [4.69, 9.17) is 46.2 Å². The number of carboxylic acid groups (broad SMARTS) is 4. The number of terminal acetylenes is 1. The summed E-state index contributed by atoms with van der Waals surface area (Å²) < 4.78 is 3.42. The molecule has 0 spiro atoms. The van der Waals surface area contributed by atoms with Crippen LogP contribution in [-0.4, -0.2) is 184 Å². The third kappa shape index (κ3) is 20.2. The minimum absolute atomic E-state index is 0.00695. The lowest BCUT2D eigenvalue weighted by Crippen LogP contribution is -2.59. The number of carbonyl (C=O) groups excluding carboxylic acids is 7. The largest absolute Gasteiger partial charge is 0.481 e. The third-order valence-electron chi connectivity index (χ3n) is 14.8. The third-order valence-corrected chi connectivity index (χ3v) is 15.6. The molecule has 33 heteroatoms. The van der Waals surface area contributed by atoms with Gasteiger partial charge in [-0.25, -0.2) is 9.97 Å². The van der Waals surface area contributed by atoms with Gasteiger partial charge in [-0.2, -0.15) is 0 Å². The average molecular weight is 1300 g/mol. The number of carboxylic acids is 4. The van der Waals surface area contributed by atoms with Crippen LogP contribution >= 0.6 is 23.2 Å². The lowest BCUT2D eigenvalue weighted by molar-refractivity contribution is -0.143. The molecule has 2 aromatic carbocycles. The highest BCUT2D eigenvalue weighted by molar-refractivity contribution is 6.40. The number of nitrogens with zero attached hydrogens (tertiary/aromatic N) is 7. The van der Waals surface area contributed by atoms with Gasteiger partial charge in [0.2, 0.25) is 29.5 Å². The zero-order valence-corrected chi connectivity index (χ0v) is 51.3. The maximum atomic E-state index is 14.0. The Morgan fingerprint density at radius 1 is 0.615 bits per heavy atom. The summed E-state index contributed by atoms with van der Waals surface area (Å²) in [5, 5.41) is 55.3. The van der Waals surface area contributed by atoms with Crippen molar-refractivity contribution in [3.8, 4) is 23.5 Å². The van der Waals surface area contributed by atoms with Gasteiger partial charge < -0.3 is 78.2 Å². The van der Waals surface area contributed by atoms with Crippen molar-refractivity contribution >= 4 is 106 Å². The van der Waals surface area contributed by atoms with Gasteiger partial charge in [-0.05, 0) is 50.9 Å². The SMILES string of the molecule is C#CCCNC(=O)[C@H](CC(=O)O)NC(=O)[C@H](CC(=O)O)NC(=O)[C@H](CCCN=C(N)N)NC(=O)[C@H](CC(=O)O)NC(=O)CCCN1CCc2c(nc(C(=O)Nc3cccc(-c4cccc(NC(=O)c5nc6c(n5C)CCN(CCCC(=O)O)C6)c4Cl)c3Cl)n2C)C1. The molecule has 6 rings (SSSR count). The zero-order valence-electron chi connectivity index (χ0n) is 49.8. The fourth-order valence-electron chi connectivity index (χ4n) is 10.3. The van der Waals surface area contributed by atoms with Gasteiger partial charge in [-0.3, -0.25) is 67.5 Å². The molecule has 2 aromatic heterocycles. The predicted octanol–water partition coefficient (Wildman–Crippen LogP) is 0.550. The maximum absolute atomic E-state index is 14.0. The molecule has 488 valence electrons. The number of nitrogens with two attached hydrogens (primary N) is 2. The first-order valence-corrected chi connectivity index (χ1v) is 29.6. The van der Waals surface area contributed by atoms with Gasteiger partial charge in [0, 0.05) is 108 Å². The van der Waals surface area contributed by atoms with Crippen molar-refractivity contribution in [2.24, 2.45) is 30.6 Å². The molecule has 0 saturated heterocycles. The molecule has 2 aliphatic rings. The first-order chi connectivity index (χ1) is 43.2. The molecular formula is C58H72Cl2N16O15. The lowest BCUT2D eigenvalue weighted by atomic mass is 10.0. The van der Waals surface area contributed by atoms with E-state index >= 15 is 0 Å². The molecule has 0 bridgehead atoms. The van der Waals surface area contributed by atoms with Crippen LogP contribution in [0, 0.1) is 12.3 Å². The minimum atomic E-state index is -1.94. The first kappa shape index (κ1) is 70.4. The number of nitrogens with one attached hydrogen (secondary N) is 7. The fourth-order valence-corrected chi connectivity index (χ4v) is 10.8. The molecule has 0 unspecified atom stereocenters. The van der Waals surface area contributed by atoms with E-state index in [1.165, 1.54) is 0 Å². The molecule has 4 heterocycles. The maximum Gasteiger partial charge on any atom is 0.305 e. The number of hydrogen-bond donors (Lipinski definition) is 13. The highest BCUT2D eigenvalue weighted by Crippen LogP contribution is 2.40. The quantitative estimate of drug-likeness (QED) is 0.0134. The number of aliphatic carboxylic acids is 4. The van der Waals surface area contributed by atoms with Crippen molar-refractivity contribution in [3.05, 3.63) is 80.9 Å². The van der Waals surface area contributed by atoms with E-state index in [2.05, 4.69) is 63.0 Å². The van der Waals surface area contributed by atoms with Crippen LogP contribution in [0.15, 0.2) is 41.4 Å². The van der Waals surface area contributed by atoms with Crippen LogP contribution in [0.4, 0.5) is 11.4 Å². The number of aromatic nitrogens is 4. The second kappa shape index (κ2) is 33.3. The molecule has 7 amide bonds. The average Bonchev–Trinajstić information content (AvgIpc) is 1.78. The van der Waals surface area contributed by atoms with E-state index in [0.717, 1.165) is 17.1 Å². The Morgan fingerprint density at radius 2 is 1.05 bits per heavy atom. The lowest BCUT2D eigenvalue weighted by Gasteiger charge is -2.26. The molecule has 91 heavy (non-hydrogen) atoms. The number of hydrogen-bond acceptors (Lipinski definition) is 16. The van der Waals surface area contributed by atoms with Gasteiger partial charge in [0.1, 0.15) is 24.2 Å². The highest BCUT2D eigenvalue weighted by atomic mass is 35.5. The van der Waals surface area contributed by atoms with Crippen LogP contribution in [0.1, 0.15) is 108 Å². The standard InChI is InChI=1S/C58H72Cl2N16O15/c1-4-5-20-63-52(86)36(26-45(80)81)71-55(89)38(28-47(84)85)72-53(87)35(15-8-21-64-58(61)62)70-54(88)37(27-46(82)83)65-43(77)16-9-22-75-24-18-41-39(29-75)66-50(73(41)2)56(90)68-33-13-6-11-31(48(33)59)32-12-7-14-34(49(32)60)69-57(91)51-67-40-30-76(23-10-17-44(78)79)25-19-42(40)74(51)3/h1,6-7,11-14,35-38H,5,8-10,15-30H2,2-3H3,(H,63,86)(H,65,77)(H,68,90)(H,69,91)(H,70,88)(H,71,89)(H,72,87)(H,78,79)(H,80,81)(H,82,83)(H,84,85)(H4,61,62,64)/t35-,36-,37-,38-/m0/s1. The number of guanidine groups is 1. The summed E-state index contributed by atoms with van der Waals surface area (Å²) in [6, 6.07) is 2.99. The van der Waals surface area contributed by atoms with Gasteiger partial charge in [0.05, 0.1) is 52.1 Å². The van der Waals surface area contributed by atoms with Crippen molar-refractivity contribution in [3.63, 3.8) is 0 Å². The fraction of sp³-hybridized carbons (Fsp3) is 0.448. The van der Waals surface area contributed by atoms with E-state index in [0.29, 0.717) is 68.8 Å². The van der Waals surface area contributed by atoms with Crippen molar-refractivity contribution in [2.75, 3.05) is 49.9 Å². The van der Waals surface area contributed by atoms with Crippen molar-refractivity contribution < 1.29 is 73.2 Å². The van der Waals surface area contributed by atoms with Gasteiger partial charge in [0.15, 0.2) is 17.6 Å². The molecule has 2 aliphatic heterocycles. The van der Waals surface area contributed by atoms with E-state index in [-0.39, 0.29) is 97.2 Å². The number of amides is 7. The molecule has 15 N–H and O–H groups in total. The summed E-state index contributed by atoms with van der Waals surface area (Å²) in [5.41, 5.74) is 15.3. The Balaban J connectivity index is 1.05. The number of anilines is 2. The summed E-state index contributed by atoms with van der Waals surface area (Å²) >= 11 is 13.9. The summed E-state index contributed by atoms with van der Waals surface area (Å²) in [6.45, 7) is 2.71. The summed E-state index contributed by atoms with van der Waals surface area (Å²) in [5.74, 6) is -9.60. The molecule has 0 fully saturated rings. The van der Waals surface area contributed by atoms with Crippen LogP contribution in [-0.2, 0) is 83.2 Å². The molecule has 0 aliphatic carbocycles. The highest BCUT2D eigenvalue weighted by Gasteiger charge is 2.35. The number of rotatable bonds is 33. The summed E-state index contributed by atoms with van der Waals surface area (Å²) in [7, 11) is 3.47. The van der Waals surface area contributed by atoms with E-state index in [9.17, 15) is 68.1 Å². The molecule has 0 saturated carbocycles. The van der Waals surface area contributed by atoms with Crippen molar-refractivity contribution in [2.45, 2.75) is 114 Å². The molecule has 4 aromatic rings. The van der Waals surface area contributed by atoms with Gasteiger partial charge in [-0.1, -0.05) is 47.5 Å². The minimum Gasteiger partial charge on any atom is -0.481 e. The van der Waals surface area contributed by atoms with Crippen LogP contribution < -0.4 is 48.7 Å². The normalized spacial score (nSPS) is 14.1. The van der Waals surface area contributed by atoms with Crippen LogP contribution in [0.25, 0.3) is 11.1 Å². The summed E-state index contributed by atoms with van der Waals surface area (Å²) in [4.78, 5) is 158. The molecule has 31 nitrogen and oxygen atoms in total. The Hall–Kier alpha value is -9.64. The van der Waals surface area contributed by atoms with Crippen LogP contribution in [0.2, 0.25) is 10.0 Å². The van der Waals surface area contributed by atoms with Crippen molar-refractivity contribution in [1.82, 2.24) is 55.5 Å². The Labute approximate surface area is 531 Å². The van der Waals surface area contributed by atoms with E-state index < -0.39 is 109 Å². The molecule has 0 radical (unpaired) electrons. The van der Waals surface area contributed by atoms with Crippen molar-refractivity contribution in [1.29, 1.82) is 0 Å². The van der Waals surface area contributed by atoms with Gasteiger partial charge in [0.25, 0.3) is 11.8 Å². The predicted molar refractivity (Wildman–Crippen MR) is 329 cm³/mol. The summed E-state index contributed by atoms with van der Waals surface area (Å²) in [6.07, 6.45) is 3.69. The molecular weight excluding hydrogens is 1230 g/mol. The monoisotopic (exact) mass is 1300 g/mol. The van der Waals surface area contributed by atoms with Crippen LogP contribution in [0.5, 0.6) is 0 Å². The Morgan fingerprint density at radius 3 is 1.51 bits per heavy atom. The Kier molecular flexibility index (Phi) is 25.7. The smallest absolute Gasteiger partial charge is 0.305 e. The second-order valence-electron chi connectivity index (χ2n) is 21.5. The van der Waals surface area contributed by atoms with E-state index in [1.807, 2.05) is 4.90 Å². The number of aliphatic imine (C=N–C) groups is 1. The van der Waals surface area contributed by atoms with Gasteiger partial charge >= 0.3 is 23.9 Å². The number of fused-ring (bicyclic) bond motifs is 2. The topological polar surface area (TPSA) is 459 Å². The van der Waals surface area contributed by atoms with Crippen LogP contribution in [0.3, 0.4) is 0 Å². The van der Waals surface area contributed by atoms with Gasteiger partial charge in [-0.15, -0.1) is 12.3 Å². The Bertz CT molecular complexity index is 3510.